The van der Waals surface area contributed by atoms with Gasteiger partial charge in [0.05, 0.1) is 16.3 Å². The van der Waals surface area contributed by atoms with Crippen molar-refractivity contribution in [3.05, 3.63) is 54.1 Å². The van der Waals surface area contributed by atoms with Crippen LogP contribution in [-0.2, 0) is 16.5 Å². The molecule has 0 spiro atoms. The van der Waals surface area contributed by atoms with Crippen LogP contribution in [0.3, 0.4) is 0 Å². The van der Waals surface area contributed by atoms with E-state index in [0.29, 0.717) is 5.69 Å². The van der Waals surface area contributed by atoms with Crippen molar-refractivity contribution >= 4 is 21.5 Å². The maximum Gasteiger partial charge on any atom is 1.00 e. The first-order chi connectivity index (χ1) is 13.5. The van der Waals surface area contributed by atoms with Crippen LogP contribution in [0.2, 0.25) is 0 Å². The molecule has 0 aliphatic carbocycles. The summed E-state index contributed by atoms with van der Waals surface area (Å²) >= 11 is 0. The summed E-state index contributed by atoms with van der Waals surface area (Å²) in [4.78, 5) is -0.267. The van der Waals surface area contributed by atoms with Gasteiger partial charge in [-0.15, -0.1) is 0 Å². The van der Waals surface area contributed by atoms with Gasteiger partial charge in [-0.3, -0.25) is 0 Å². The Balaban J connectivity index is 0.00000420. The molecule has 0 aromatic heterocycles. The number of azo groups is 1. The van der Waals surface area contributed by atoms with E-state index in [1.165, 1.54) is 81.2 Å². The van der Waals surface area contributed by atoms with E-state index in [4.69, 9.17) is 0 Å². The predicted molar refractivity (Wildman–Crippen MR) is 111 cm³/mol. The monoisotopic (exact) mass is 424 g/mol. The zero-order chi connectivity index (χ0) is 20.2. The van der Waals surface area contributed by atoms with E-state index in [1.54, 1.807) is 0 Å². The summed E-state index contributed by atoms with van der Waals surface area (Å²) in [5.74, 6) is 0. The van der Waals surface area contributed by atoms with Gasteiger partial charge in [0.1, 0.15) is 10.1 Å². The molecular formula is C22H29N2NaO3S. The first-order valence-corrected chi connectivity index (χ1v) is 11.5. The summed E-state index contributed by atoms with van der Waals surface area (Å²) in [6, 6.07) is 13.4. The summed E-state index contributed by atoms with van der Waals surface area (Å²) in [7, 11) is -4.43. The molecule has 7 heteroatoms. The number of unbranched alkanes of at least 4 members (excludes halogenated alkanes) is 7. The molecule has 0 radical (unpaired) electrons. The van der Waals surface area contributed by atoms with Crippen LogP contribution in [0.25, 0.3) is 0 Å². The van der Waals surface area contributed by atoms with Gasteiger partial charge < -0.3 is 4.55 Å². The van der Waals surface area contributed by atoms with Crippen molar-refractivity contribution in [3.8, 4) is 0 Å². The predicted octanol–water partition coefficient (Wildman–Crippen LogP) is 3.69. The minimum atomic E-state index is -4.43. The second kappa shape index (κ2) is 14.0. The van der Waals surface area contributed by atoms with Gasteiger partial charge in [-0.2, -0.15) is 10.2 Å². The van der Waals surface area contributed by atoms with Crippen LogP contribution in [0.5, 0.6) is 0 Å². The second-order valence-corrected chi connectivity index (χ2v) is 8.42. The van der Waals surface area contributed by atoms with E-state index in [9.17, 15) is 13.0 Å². The number of rotatable bonds is 12. The Morgan fingerprint density at radius 3 is 1.66 bits per heavy atom. The Hall–Kier alpha value is -1.05. The molecule has 0 bridgehead atoms. The third kappa shape index (κ3) is 10.5. The summed E-state index contributed by atoms with van der Waals surface area (Å²) in [5.41, 5.74) is 2.53. The smallest absolute Gasteiger partial charge is 0.744 e. The van der Waals surface area contributed by atoms with Crippen LogP contribution in [0, 0.1) is 0 Å². The molecule has 0 aliphatic heterocycles. The average Bonchev–Trinajstić information content (AvgIpc) is 2.69. The topological polar surface area (TPSA) is 81.9 Å². The van der Waals surface area contributed by atoms with Gasteiger partial charge in [0.2, 0.25) is 0 Å². The average molecular weight is 425 g/mol. The summed E-state index contributed by atoms with van der Waals surface area (Å²) in [5, 5.41) is 8.23. The molecule has 0 saturated heterocycles. The van der Waals surface area contributed by atoms with Crippen LogP contribution in [0.15, 0.2) is 63.7 Å². The normalized spacial score (nSPS) is 11.5. The van der Waals surface area contributed by atoms with Crippen molar-refractivity contribution in [3.63, 3.8) is 0 Å². The van der Waals surface area contributed by atoms with Gasteiger partial charge in [-0.25, -0.2) is 8.42 Å². The summed E-state index contributed by atoms with van der Waals surface area (Å²) in [6.07, 6.45) is 11.6. The van der Waals surface area contributed by atoms with E-state index in [0.717, 1.165) is 12.1 Å². The maximum atomic E-state index is 10.9. The molecule has 0 saturated carbocycles. The van der Waals surface area contributed by atoms with Crippen LogP contribution in [-0.4, -0.2) is 13.0 Å². The number of hydrogen-bond donors (Lipinski definition) is 0. The molecule has 5 nitrogen and oxygen atoms in total. The van der Waals surface area contributed by atoms with Crippen molar-refractivity contribution in [2.24, 2.45) is 10.2 Å². The molecule has 0 N–H and O–H groups in total. The Kier molecular flexibility index (Phi) is 12.6. The van der Waals surface area contributed by atoms with Gasteiger partial charge >= 0.3 is 29.6 Å². The molecule has 29 heavy (non-hydrogen) atoms. The van der Waals surface area contributed by atoms with E-state index >= 15 is 0 Å². The Bertz CT molecular complexity index is 835. The summed E-state index contributed by atoms with van der Waals surface area (Å²) in [6.45, 7) is 2.24. The molecule has 0 amide bonds. The molecule has 0 aliphatic rings. The molecule has 0 unspecified atom stereocenters. The van der Waals surface area contributed by atoms with E-state index in [-0.39, 0.29) is 34.5 Å². The fraction of sp³-hybridized carbons (Fsp3) is 0.455. The standard InChI is InChI=1S/C22H30N2O3S.Na/c1-2-3-4-5-6-7-8-9-10-19-11-13-20(14-12-19)23-24-21-15-17-22(18-16-21)28(25,26)27;/h11-18H,2-10H2,1H3,(H,25,26,27);/q;+1/p-1. The fourth-order valence-corrected chi connectivity index (χ4v) is 3.46. The zero-order valence-electron chi connectivity index (χ0n) is 17.5. The minimum absolute atomic E-state index is 0. The molecular weight excluding hydrogens is 395 g/mol. The summed E-state index contributed by atoms with van der Waals surface area (Å²) < 4.78 is 32.7. The van der Waals surface area contributed by atoms with Crippen molar-refractivity contribution in [1.82, 2.24) is 0 Å². The number of aryl methyl sites for hydroxylation is 1. The number of hydrogen-bond acceptors (Lipinski definition) is 5. The van der Waals surface area contributed by atoms with Gasteiger partial charge in [-0.1, -0.05) is 64.0 Å². The van der Waals surface area contributed by atoms with Crippen LogP contribution >= 0.6 is 0 Å². The quantitative estimate of drug-likeness (QED) is 0.225. The van der Waals surface area contributed by atoms with E-state index in [2.05, 4.69) is 29.3 Å². The second-order valence-electron chi connectivity index (χ2n) is 7.04. The Morgan fingerprint density at radius 2 is 1.17 bits per heavy atom. The third-order valence-electron chi connectivity index (χ3n) is 4.66. The van der Waals surface area contributed by atoms with Crippen molar-refractivity contribution in [2.45, 2.75) is 69.6 Å². The number of nitrogens with zero attached hydrogens (tertiary/aromatic N) is 2. The molecule has 152 valence electrons. The molecule has 2 aromatic carbocycles. The van der Waals surface area contributed by atoms with Crippen molar-refractivity contribution in [1.29, 1.82) is 0 Å². The first-order valence-electron chi connectivity index (χ1n) is 10.1. The van der Waals surface area contributed by atoms with Crippen LogP contribution < -0.4 is 29.6 Å². The van der Waals surface area contributed by atoms with Gasteiger partial charge in [-0.05, 0) is 54.8 Å². The van der Waals surface area contributed by atoms with Crippen molar-refractivity contribution < 1.29 is 42.5 Å². The first kappa shape index (κ1) is 26.0. The Labute approximate surface area is 197 Å². The SMILES string of the molecule is CCCCCCCCCCc1ccc(N=Nc2ccc(S(=O)(=O)[O-])cc2)cc1.[Na+]. The molecule has 2 aromatic rings. The van der Waals surface area contributed by atoms with Crippen LogP contribution in [0.4, 0.5) is 11.4 Å². The molecule has 2 rings (SSSR count). The van der Waals surface area contributed by atoms with Gasteiger partial charge in [0.15, 0.2) is 0 Å². The number of benzene rings is 2. The Morgan fingerprint density at radius 1 is 0.724 bits per heavy atom. The fourth-order valence-electron chi connectivity index (χ4n) is 2.99. The van der Waals surface area contributed by atoms with Crippen LogP contribution in [0.1, 0.15) is 63.9 Å². The molecule has 0 heterocycles. The molecule has 0 atom stereocenters. The van der Waals surface area contributed by atoms with E-state index in [1.807, 2.05) is 12.1 Å². The van der Waals surface area contributed by atoms with Gasteiger partial charge in [0.25, 0.3) is 0 Å². The van der Waals surface area contributed by atoms with E-state index < -0.39 is 10.1 Å². The van der Waals surface area contributed by atoms with Gasteiger partial charge in [0, 0.05) is 0 Å². The maximum absolute atomic E-state index is 10.9. The van der Waals surface area contributed by atoms with Crippen molar-refractivity contribution in [2.75, 3.05) is 0 Å². The molecule has 0 fully saturated rings. The minimum Gasteiger partial charge on any atom is -0.744 e. The largest absolute Gasteiger partial charge is 1.00 e. The zero-order valence-corrected chi connectivity index (χ0v) is 20.3. The third-order valence-corrected chi connectivity index (χ3v) is 5.51.